The molecule has 0 aliphatic heterocycles. The summed E-state index contributed by atoms with van der Waals surface area (Å²) in [5.41, 5.74) is 0. The Hall–Kier alpha value is 0. The molecule has 1 aliphatic rings. The van der Waals surface area contributed by atoms with Crippen molar-refractivity contribution in [3.8, 4) is 0 Å². The summed E-state index contributed by atoms with van der Waals surface area (Å²) in [6.45, 7) is 14.6. The van der Waals surface area contributed by atoms with Gasteiger partial charge in [0, 0.05) is 0 Å². The van der Waals surface area contributed by atoms with Gasteiger partial charge in [0.05, 0.1) is 0 Å². The first kappa shape index (κ1) is 11.1. The summed E-state index contributed by atoms with van der Waals surface area (Å²) in [5, 5.41) is 0. The molecule has 0 aromatic rings. The van der Waals surface area contributed by atoms with Crippen LogP contribution in [-0.2, 0) is 0 Å². The zero-order valence-corrected chi connectivity index (χ0v) is 10.2. The molecule has 0 saturated heterocycles. The van der Waals surface area contributed by atoms with Crippen molar-refractivity contribution in [1.82, 2.24) is 0 Å². The van der Waals surface area contributed by atoms with E-state index in [9.17, 15) is 0 Å². The predicted molar refractivity (Wildman–Crippen MR) is 59.6 cm³/mol. The van der Waals surface area contributed by atoms with Gasteiger partial charge in [-0.25, -0.2) is 0 Å². The molecule has 13 heavy (non-hydrogen) atoms. The highest BCUT2D eigenvalue weighted by Gasteiger charge is 2.37. The molecule has 4 unspecified atom stereocenters. The smallest absolute Gasteiger partial charge is 0.0334 e. The standard InChI is InChI=1S/C13H26/c1-8(2)13-11(5)9(3)7-10(4)12(13)6/h8-13H,7H2,1-6H3. The van der Waals surface area contributed by atoms with Crippen molar-refractivity contribution >= 4 is 0 Å². The van der Waals surface area contributed by atoms with Gasteiger partial charge in [0.1, 0.15) is 0 Å². The van der Waals surface area contributed by atoms with Crippen LogP contribution in [0.1, 0.15) is 48.0 Å². The molecule has 0 heterocycles. The van der Waals surface area contributed by atoms with Crippen LogP contribution in [0.5, 0.6) is 0 Å². The second kappa shape index (κ2) is 4.02. The van der Waals surface area contributed by atoms with Gasteiger partial charge in [-0.3, -0.25) is 0 Å². The van der Waals surface area contributed by atoms with E-state index >= 15 is 0 Å². The maximum Gasteiger partial charge on any atom is -0.0334 e. The maximum atomic E-state index is 2.46. The Bertz CT molecular complexity index is 145. The molecule has 0 N–H and O–H groups in total. The number of hydrogen-bond acceptors (Lipinski definition) is 0. The van der Waals surface area contributed by atoms with Crippen LogP contribution >= 0.6 is 0 Å². The fraction of sp³-hybridized carbons (Fsp3) is 1.00. The Balaban J connectivity index is 2.76. The number of rotatable bonds is 1. The van der Waals surface area contributed by atoms with Crippen LogP contribution in [0.3, 0.4) is 0 Å². The molecule has 0 amide bonds. The Morgan fingerprint density at radius 3 is 1.54 bits per heavy atom. The average molecular weight is 182 g/mol. The first-order valence-corrected chi connectivity index (χ1v) is 5.95. The quantitative estimate of drug-likeness (QED) is 0.570. The van der Waals surface area contributed by atoms with E-state index in [0.29, 0.717) is 0 Å². The van der Waals surface area contributed by atoms with Gasteiger partial charge in [-0.15, -0.1) is 0 Å². The number of hydrogen-bond donors (Lipinski definition) is 0. The lowest BCUT2D eigenvalue weighted by atomic mass is 9.61. The van der Waals surface area contributed by atoms with Crippen molar-refractivity contribution < 1.29 is 0 Å². The van der Waals surface area contributed by atoms with Crippen LogP contribution in [0.4, 0.5) is 0 Å². The van der Waals surface area contributed by atoms with E-state index in [0.717, 1.165) is 35.5 Å². The molecule has 0 aromatic heterocycles. The van der Waals surface area contributed by atoms with Gasteiger partial charge in [0.25, 0.3) is 0 Å². The topological polar surface area (TPSA) is 0 Å². The summed E-state index contributed by atoms with van der Waals surface area (Å²) in [6, 6.07) is 0. The van der Waals surface area contributed by atoms with Crippen LogP contribution in [-0.4, -0.2) is 0 Å². The molecule has 78 valence electrons. The molecule has 1 saturated carbocycles. The highest BCUT2D eigenvalue weighted by atomic mass is 14.4. The molecule has 0 spiro atoms. The highest BCUT2D eigenvalue weighted by molar-refractivity contribution is 4.86. The second-order valence-electron chi connectivity index (χ2n) is 5.73. The van der Waals surface area contributed by atoms with Gasteiger partial charge in [0.2, 0.25) is 0 Å². The molecule has 0 radical (unpaired) electrons. The van der Waals surface area contributed by atoms with E-state index in [2.05, 4.69) is 41.5 Å². The third-order valence-electron chi connectivity index (χ3n) is 4.52. The van der Waals surface area contributed by atoms with Crippen molar-refractivity contribution in [2.45, 2.75) is 48.0 Å². The molecule has 1 aliphatic carbocycles. The molecule has 0 bridgehead atoms. The zero-order chi connectivity index (χ0) is 10.2. The largest absolute Gasteiger partial charge is 0.0625 e. The van der Waals surface area contributed by atoms with Gasteiger partial charge in [-0.2, -0.15) is 0 Å². The van der Waals surface area contributed by atoms with Crippen molar-refractivity contribution in [1.29, 1.82) is 0 Å². The monoisotopic (exact) mass is 182 g/mol. The van der Waals surface area contributed by atoms with Gasteiger partial charge >= 0.3 is 0 Å². The van der Waals surface area contributed by atoms with Crippen LogP contribution in [0.2, 0.25) is 0 Å². The fourth-order valence-electron chi connectivity index (χ4n) is 3.47. The predicted octanol–water partition coefficient (Wildman–Crippen LogP) is 4.21. The Labute approximate surface area is 84.1 Å². The first-order chi connectivity index (χ1) is 5.95. The van der Waals surface area contributed by atoms with Crippen molar-refractivity contribution in [3.63, 3.8) is 0 Å². The molecule has 1 rings (SSSR count). The third-order valence-corrected chi connectivity index (χ3v) is 4.52. The van der Waals surface area contributed by atoms with Crippen LogP contribution < -0.4 is 0 Å². The summed E-state index contributed by atoms with van der Waals surface area (Å²) in [4.78, 5) is 0. The molecule has 0 aromatic carbocycles. The first-order valence-electron chi connectivity index (χ1n) is 5.95. The maximum absolute atomic E-state index is 2.46. The Morgan fingerprint density at radius 1 is 0.846 bits per heavy atom. The summed E-state index contributed by atoms with van der Waals surface area (Å²) < 4.78 is 0. The lowest BCUT2D eigenvalue weighted by Gasteiger charge is -2.45. The summed E-state index contributed by atoms with van der Waals surface area (Å²) >= 11 is 0. The molecule has 1 fully saturated rings. The lowest BCUT2D eigenvalue weighted by molar-refractivity contribution is 0.0414. The summed E-state index contributed by atoms with van der Waals surface area (Å²) in [5.74, 6) is 5.50. The fourth-order valence-corrected chi connectivity index (χ4v) is 3.47. The molecule has 0 nitrogen and oxygen atoms in total. The Kier molecular flexibility index (Phi) is 3.43. The van der Waals surface area contributed by atoms with Crippen molar-refractivity contribution in [3.05, 3.63) is 0 Å². The molecule has 4 atom stereocenters. The van der Waals surface area contributed by atoms with E-state index < -0.39 is 0 Å². The molecule has 0 heteroatoms. The van der Waals surface area contributed by atoms with Crippen LogP contribution in [0.25, 0.3) is 0 Å². The van der Waals surface area contributed by atoms with E-state index in [-0.39, 0.29) is 0 Å². The van der Waals surface area contributed by atoms with E-state index in [4.69, 9.17) is 0 Å². The van der Waals surface area contributed by atoms with E-state index in [1.54, 1.807) is 0 Å². The molecular weight excluding hydrogens is 156 g/mol. The zero-order valence-electron chi connectivity index (χ0n) is 10.2. The lowest BCUT2D eigenvalue weighted by Crippen LogP contribution is -2.38. The van der Waals surface area contributed by atoms with Gasteiger partial charge < -0.3 is 0 Å². The minimum Gasteiger partial charge on any atom is -0.0625 e. The van der Waals surface area contributed by atoms with Crippen molar-refractivity contribution in [2.24, 2.45) is 35.5 Å². The summed E-state index contributed by atoms with van der Waals surface area (Å²) in [6.07, 6.45) is 1.44. The minimum absolute atomic E-state index is 0.857. The van der Waals surface area contributed by atoms with E-state index in [1.807, 2.05) is 0 Å². The van der Waals surface area contributed by atoms with Crippen LogP contribution in [0, 0.1) is 35.5 Å². The van der Waals surface area contributed by atoms with Crippen LogP contribution in [0.15, 0.2) is 0 Å². The minimum atomic E-state index is 0.857. The normalized spacial score (nSPS) is 46.8. The van der Waals surface area contributed by atoms with Crippen molar-refractivity contribution in [2.75, 3.05) is 0 Å². The van der Waals surface area contributed by atoms with E-state index in [1.165, 1.54) is 6.42 Å². The average Bonchev–Trinajstić information content (AvgIpc) is 2.01. The molecular formula is C13H26. The van der Waals surface area contributed by atoms with Gasteiger partial charge in [-0.05, 0) is 41.9 Å². The SMILES string of the molecule is CC(C)C1C(C)C(C)CC(C)C1C. The van der Waals surface area contributed by atoms with Gasteiger partial charge in [-0.1, -0.05) is 41.5 Å². The highest BCUT2D eigenvalue weighted by Crippen LogP contribution is 2.44. The third kappa shape index (κ3) is 2.08. The summed E-state index contributed by atoms with van der Waals surface area (Å²) in [7, 11) is 0. The Morgan fingerprint density at radius 2 is 1.23 bits per heavy atom. The second-order valence-corrected chi connectivity index (χ2v) is 5.73. The van der Waals surface area contributed by atoms with Gasteiger partial charge in [0.15, 0.2) is 0 Å².